The molecule has 0 bridgehead atoms. The number of fused-ring (bicyclic) bond motifs is 1. The molecular formula is C28H35N5O4. The van der Waals surface area contributed by atoms with Crippen LogP contribution in [-0.2, 0) is 24.2 Å². The predicted octanol–water partition coefficient (Wildman–Crippen LogP) is 4.11. The van der Waals surface area contributed by atoms with Crippen LogP contribution in [0, 0.1) is 0 Å². The van der Waals surface area contributed by atoms with Gasteiger partial charge in [-0.25, -0.2) is 9.48 Å². The second kappa shape index (κ2) is 12.4. The van der Waals surface area contributed by atoms with Crippen molar-refractivity contribution in [2.45, 2.75) is 19.5 Å². The van der Waals surface area contributed by atoms with Crippen molar-refractivity contribution in [2.24, 2.45) is 0 Å². The van der Waals surface area contributed by atoms with E-state index >= 15 is 0 Å². The average Bonchev–Trinajstić information content (AvgIpc) is 3.28. The SMILES string of the molecule is C=CCN1CCc2c(c(CN(CCOC)C(=O)Nc3cccc(OC)c3)nn2-c2ccccc2OC)C1. The minimum absolute atomic E-state index is 0.232. The maximum atomic E-state index is 13.4. The molecule has 0 spiro atoms. The summed E-state index contributed by atoms with van der Waals surface area (Å²) in [4.78, 5) is 17.4. The van der Waals surface area contributed by atoms with Crippen molar-refractivity contribution >= 4 is 11.7 Å². The van der Waals surface area contributed by atoms with Crippen molar-refractivity contribution in [3.63, 3.8) is 0 Å². The zero-order valence-electron chi connectivity index (χ0n) is 21.8. The molecule has 0 fully saturated rings. The third-order valence-corrected chi connectivity index (χ3v) is 6.43. The first kappa shape index (κ1) is 26.2. The highest BCUT2D eigenvalue weighted by molar-refractivity contribution is 5.89. The molecule has 0 unspecified atom stereocenters. The Kier molecular flexibility index (Phi) is 8.81. The Hall–Kier alpha value is -3.82. The fourth-order valence-corrected chi connectivity index (χ4v) is 4.55. The topological polar surface area (TPSA) is 81.1 Å². The van der Waals surface area contributed by atoms with E-state index < -0.39 is 0 Å². The summed E-state index contributed by atoms with van der Waals surface area (Å²) in [6.07, 6.45) is 2.75. The van der Waals surface area contributed by atoms with E-state index in [1.807, 2.05) is 53.2 Å². The largest absolute Gasteiger partial charge is 0.497 e. The maximum absolute atomic E-state index is 13.4. The summed E-state index contributed by atoms with van der Waals surface area (Å²) < 4.78 is 18.2. The summed E-state index contributed by atoms with van der Waals surface area (Å²) in [5, 5.41) is 8.02. The molecule has 0 atom stereocenters. The van der Waals surface area contributed by atoms with Crippen LogP contribution in [0.3, 0.4) is 0 Å². The number of anilines is 1. The first-order chi connectivity index (χ1) is 18.1. The Morgan fingerprint density at radius 1 is 1.16 bits per heavy atom. The second-order valence-corrected chi connectivity index (χ2v) is 8.81. The van der Waals surface area contributed by atoms with Crippen molar-refractivity contribution in [3.05, 3.63) is 78.1 Å². The van der Waals surface area contributed by atoms with E-state index in [1.165, 1.54) is 0 Å². The van der Waals surface area contributed by atoms with Crippen molar-refractivity contribution in [1.29, 1.82) is 0 Å². The quantitative estimate of drug-likeness (QED) is 0.395. The van der Waals surface area contributed by atoms with Crippen LogP contribution in [0.1, 0.15) is 17.0 Å². The average molecular weight is 506 g/mol. The number of hydrogen-bond acceptors (Lipinski definition) is 6. The molecule has 2 heterocycles. The molecule has 37 heavy (non-hydrogen) atoms. The van der Waals surface area contributed by atoms with Gasteiger partial charge < -0.3 is 24.4 Å². The van der Waals surface area contributed by atoms with Gasteiger partial charge in [0.15, 0.2) is 0 Å². The standard InChI is InChI=1S/C28H35N5O4/c1-5-14-31-15-13-25-23(19-31)24(30-33(25)26-11-6-7-12-27(26)37-4)20-32(16-17-35-2)28(34)29-21-9-8-10-22(18-21)36-3/h5-12,18H,1,13-17,19-20H2,2-4H3,(H,29,34). The van der Waals surface area contributed by atoms with Crippen LogP contribution in [0.5, 0.6) is 11.5 Å². The van der Waals surface area contributed by atoms with E-state index in [2.05, 4.69) is 16.8 Å². The van der Waals surface area contributed by atoms with E-state index in [-0.39, 0.29) is 6.03 Å². The molecule has 1 aliphatic rings. The number of carbonyl (C=O) groups excluding carboxylic acids is 1. The number of carbonyl (C=O) groups is 1. The van der Waals surface area contributed by atoms with Gasteiger partial charge in [0.2, 0.25) is 0 Å². The van der Waals surface area contributed by atoms with Crippen LogP contribution in [0.2, 0.25) is 0 Å². The van der Waals surface area contributed by atoms with Gasteiger partial charge in [0.25, 0.3) is 0 Å². The molecule has 0 radical (unpaired) electrons. The van der Waals surface area contributed by atoms with E-state index in [9.17, 15) is 4.79 Å². The number of nitrogens with zero attached hydrogens (tertiary/aromatic N) is 4. The molecule has 2 amide bonds. The van der Waals surface area contributed by atoms with Gasteiger partial charge in [-0.15, -0.1) is 6.58 Å². The number of methoxy groups -OCH3 is 3. The lowest BCUT2D eigenvalue weighted by molar-refractivity contribution is 0.152. The van der Waals surface area contributed by atoms with E-state index in [0.717, 1.165) is 54.4 Å². The van der Waals surface area contributed by atoms with Crippen LogP contribution in [0.4, 0.5) is 10.5 Å². The van der Waals surface area contributed by atoms with Gasteiger partial charge in [-0.1, -0.05) is 24.3 Å². The van der Waals surface area contributed by atoms with Crippen LogP contribution in [0.15, 0.2) is 61.2 Å². The summed E-state index contributed by atoms with van der Waals surface area (Å²) in [6, 6.07) is 14.9. The lowest BCUT2D eigenvalue weighted by Crippen LogP contribution is -2.37. The number of aromatic nitrogens is 2. The third kappa shape index (κ3) is 6.12. The summed E-state index contributed by atoms with van der Waals surface area (Å²) in [7, 11) is 4.89. The van der Waals surface area contributed by atoms with Gasteiger partial charge in [0, 0.05) is 57.0 Å². The Balaban J connectivity index is 1.67. The summed E-state index contributed by atoms with van der Waals surface area (Å²) in [5.41, 5.74) is 4.67. The number of ether oxygens (including phenoxy) is 3. The van der Waals surface area contributed by atoms with Crippen LogP contribution in [-0.4, -0.2) is 73.2 Å². The number of rotatable bonds is 11. The first-order valence-corrected chi connectivity index (χ1v) is 12.3. The number of para-hydroxylation sites is 2. The zero-order chi connectivity index (χ0) is 26.2. The molecule has 196 valence electrons. The number of benzene rings is 2. The Morgan fingerprint density at radius 3 is 2.76 bits per heavy atom. The number of amides is 2. The second-order valence-electron chi connectivity index (χ2n) is 8.81. The minimum atomic E-state index is -0.232. The van der Waals surface area contributed by atoms with E-state index in [4.69, 9.17) is 19.3 Å². The van der Waals surface area contributed by atoms with Crippen LogP contribution >= 0.6 is 0 Å². The van der Waals surface area contributed by atoms with Crippen molar-refractivity contribution in [2.75, 3.05) is 52.9 Å². The highest BCUT2D eigenvalue weighted by Crippen LogP contribution is 2.30. The van der Waals surface area contributed by atoms with Crippen LogP contribution < -0.4 is 14.8 Å². The molecule has 0 saturated carbocycles. The van der Waals surface area contributed by atoms with Crippen LogP contribution in [0.25, 0.3) is 5.69 Å². The van der Waals surface area contributed by atoms with Gasteiger partial charge >= 0.3 is 6.03 Å². The van der Waals surface area contributed by atoms with Crippen molar-refractivity contribution in [3.8, 4) is 17.2 Å². The summed E-state index contributed by atoms with van der Waals surface area (Å²) >= 11 is 0. The number of nitrogens with one attached hydrogen (secondary N) is 1. The molecule has 1 aliphatic heterocycles. The van der Waals surface area contributed by atoms with Gasteiger partial charge in [0.1, 0.15) is 17.2 Å². The van der Waals surface area contributed by atoms with Gasteiger partial charge in [-0.3, -0.25) is 4.90 Å². The molecule has 3 aromatic rings. The molecule has 9 heteroatoms. The Bertz CT molecular complexity index is 1230. The number of hydrogen-bond donors (Lipinski definition) is 1. The molecule has 0 saturated heterocycles. The lowest BCUT2D eigenvalue weighted by Gasteiger charge is -2.27. The Morgan fingerprint density at radius 2 is 2.00 bits per heavy atom. The molecular weight excluding hydrogens is 470 g/mol. The molecule has 1 N–H and O–H groups in total. The maximum Gasteiger partial charge on any atom is 0.322 e. The van der Waals surface area contributed by atoms with Crippen molar-refractivity contribution in [1.82, 2.24) is 19.6 Å². The molecule has 2 aromatic carbocycles. The van der Waals surface area contributed by atoms with Crippen molar-refractivity contribution < 1.29 is 19.0 Å². The third-order valence-electron chi connectivity index (χ3n) is 6.43. The first-order valence-electron chi connectivity index (χ1n) is 12.3. The highest BCUT2D eigenvalue weighted by atomic mass is 16.5. The van der Waals surface area contributed by atoms with Gasteiger partial charge in [-0.2, -0.15) is 5.10 Å². The normalized spacial score (nSPS) is 13.1. The van der Waals surface area contributed by atoms with Gasteiger partial charge in [0.05, 0.1) is 38.8 Å². The monoisotopic (exact) mass is 505 g/mol. The fourth-order valence-electron chi connectivity index (χ4n) is 4.55. The lowest BCUT2D eigenvalue weighted by atomic mass is 10.0. The molecule has 9 nitrogen and oxygen atoms in total. The van der Waals surface area contributed by atoms with E-state index in [1.54, 1.807) is 32.3 Å². The fraction of sp³-hybridized carbons (Fsp3) is 0.357. The Labute approximate surface area is 218 Å². The summed E-state index contributed by atoms with van der Waals surface area (Å²) in [6.45, 7) is 7.50. The molecule has 4 rings (SSSR count). The minimum Gasteiger partial charge on any atom is -0.497 e. The predicted molar refractivity (Wildman–Crippen MR) is 144 cm³/mol. The summed E-state index contributed by atoms with van der Waals surface area (Å²) in [5.74, 6) is 1.42. The highest BCUT2D eigenvalue weighted by Gasteiger charge is 2.28. The number of urea groups is 1. The smallest absolute Gasteiger partial charge is 0.322 e. The van der Waals surface area contributed by atoms with Gasteiger partial charge in [-0.05, 0) is 24.3 Å². The van der Waals surface area contributed by atoms with E-state index in [0.29, 0.717) is 31.1 Å². The molecule has 1 aromatic heterocycles. The zero-order valence-corrected chi connectivity index (χ0v) is 21.8. The molecule has 0 aliphatic carbocycles.